The molecular weight excluding hydrogens is 202 g/mol. The molecule has 86 valence electrons. The van der Waals surface area contributed by atoms with Crippen LogP contribution in [-0.4, -0.2) is 24.6 Å². The number of rotatable bonds is 1. The highest BCUT2D eigenvalue weighted by Gasteiger charge is 2.35. The fourth-order valence-corrected chi connectivity index (χ4v) is 2.43. The van der Waals surface area contributed by atoms with E-state index in [2.05, 4.69) is 19.1 Å². The zero-order valence-corrected chi connectivity index (χ0v) is 9.72. The Labute approximate surface area is 96.0 Å². The first-order chi connectivity index (χ1) is 7.74. The zero-order chi connectivity index (χ0) is 11.5. The van der Waals surface area contributed by atoms with Gasteiger partial charge in [0.25, 0.3) is 0 Å². The molecule has 0 spiro atoms. The third-order valence-corrected chi connectivity index (χ3v) is 3.25. The molecule has 2 rings (SSSR count). The van der Waals surface area contributed by atoms with E-state index < -0.39 is 0 Å². The Morgan fingerprint density at radius 3 is 2.69 bits per heavy atom. The molecule has 0 bridgehead atoms. The van der Waals surface area contributed by atoms with Gasteiger partial charge in [-0.2, -0.15) is 0 Å². The van der Waals surface area contributed by atoms with Crippen LogP contribution in [0.4, 0.5) is 4.79 Å². The van der Waals surface area contributed by atoms with Crippen LogP contribution >= 0.6 is 0 Å². The maximum atomic E-state index is 11.6. The van der Waals surface area contributed by atoms with Crippen molar-refractivity contribution >= 4 is 6.09 Å². The van der Waals surface area contributed by atoms with E-state index >= 15 is 0 Å². The van der Waals surface area contributed by atoms with Crippen molar-refractivity contribution in [2.45, 2.75) is 19.4 Å². The van der Waals surface area contributed by atoms with Crippen molar-refractivity contribution in [1.29, 1.82) is 0 Å². The first-order valence-electron chi connectivity index (χ1n) is 5.63. The van der Waals surface area contributed by atoms with Crippen LogP contribution in [-0.2, 0) is 4.74 Å². The second-order valence-electron chi connectivity index (χ2n) is 4.28. The van der Waals surface area contributed by atoms with E-state index in [0.717, 1.165) is 13.0 Å². The molecule has 16 heavy (non-hydrogen) atoms. The number of ether oxygens (including phenoxy) is 1. The van der Waals surface area contributed by atoms with E-state index in [9.17, 15) is 4.79 Å². The molecule has 1 aromatic carbocycles. The Bertz CT molecular complexity index is 363. The number of methoxy groups -OCH3 is 1. The highest BCUT2D eigenvalue weighted by molar-refractivity contribution is 5.68. The number of amides is 1. The molecule has 0 unspecified atom stereocenters. The molecule has 0 radical (unpaired) electrons. The van der Waals surface area contributed by atoms with Gasteiger partial charge in [0.1, 0.15) is 0 Å². The number of carbonyl (C=O) groups is 1. The van der Waals surface area contributed by atoms with Crippen molar-refractivity contribution in [3.8, 4) is 0 Å². The lowest BCUT2D eigenvalue weighted by atomic mass is 9.96. The Morgan fingerprint density at radius 2 is 2.06 bits per heavy atom. The predicted octanol–water partition coefficient (Wildman–Crippen LogP) is 2.84. The highest BCUT2D eigenvalue weighted by Crippen LogP contribution is 2.36. The van der Waals surface area contributed by atoms with Crippen LogP contribution in [0, 0.1) is 5.92 Å². The van der Waals surface area contributed by atoms with Gasteiger partial charge in [0, 0.05) is 6.54 Å². The molecule has 1 amide bonds. The summed E-state index contributed by atoms with van der Waals surface area (Å²) in [5.74, 6) is 0.488. The number of carbonyl (C=O) groups excluding carboxylic acids is 1. The zero-order valence-electron chi connectivity index (χ0n) is 9.72. The Balaban J connectivity index is 2.26. The smallest absolute Gasteiger partial charge is 0.410 e. The molecule has 0 aliphatic carbocycles. The maximum Gasteiger partial charge on any atom is 0.410 e. The summed E-state index contributed by atoms with van der Waals surface area (Å²) < 4.78 is 4.82. The Hall–Kier alpha value is -1.51. The molecule has 1 aliphatic rings. The fourth-order valence-electron chi connectivity index (χ4n) is 2.43. The lowest BCUT2D eigenvalue weighted by Gasteiger charge is -2.26. The fraction of sp³-hybridized carbons (Fsp3) is 0.462. The molecule has 1 aromatic rings. The van der Waals surface area contributed by atoms with E-state index in [1.165, 1.54) is 12.7 Å². The van der Waals surface area contributed by atoms with Crippen molar-refractivity contribution in [3.63, 3.8) is 0 Å². The third-order valence-electron chi connectivity index (χ3n) is 3.25. The van der Waals surface area contributed by atoms with Crippen LogP contribution in [0.15, 0.2) is 30.3 Å². The van der Waals surface area contributed by atoms with Gasteiger partial charge in [-0.1, -0.05) is 37.3 Å². The maximum absolute atomic E-state index is 11.6. The normalized spacial score (nSPS) is 24.5. The Kier molecular flexibility index (Phi) is 3.13. The first kappa shape index (κ1) is 11.0. The number of hydrogen-bond donors (Lipinski definition) is 0. The van der Waals surface area contributed by atoms with Gasteiger partial charge in [-0.25, -0.2) is 4.79 Å². The van der Waals surface area contributed by atoms with Gasteiger partial charge in [0.15, 0.2) is 0 Å². The average Bonchev–Trinajstić information content (AvgIpc) is 2.71. The quantitative estimate of drug-likeness (QED) is 0.727. The SMILES string of the molecule is COC(=O)N1CC[C@H](C)[C@@H]1c1ccccc1. The van der Waals surface area contributed by atoms with E-state index in [-0.39, 0.29) is 12.1 Å². The lowest BCUT2D eigenvalue weighted by Crippen LogP contribution is -2.31. The summed E-state index contributed by atoms with van der Waals surface area (Å²) in [7, 11) is 1.44. The molecule has 1 aliphatic heterocycles. The molecule has 3 heteroatoms. The topological polar surface area (TPSA) is 29.5 Å². The second kappa shape index (κ2) is 4.56. The van der Waals surface area contributed by atoms with Gasteiger partial charge in [-0.05, 0) is 17.9 Å². The van der Waals surface area contributed by atoms with E-state index in [1.54, 1.807) is 0 Å². The van der Waals surface area contributed by atoms with Crippen LogP contribution in [0.3, 0.4) is 0 Å². The summed E-state index contributed by atoms with van der Waals surface area (Å²) in [6.45, 7) is 2.97. The summed E-state index contributed by atoms with van der Waals surface area (Å²) in [4.78, 5) is 13.5. The Morgan fingerprint density at radius 1 is 1.38 bits per heavy atom. The molecule has 1 heterocycles. The molecule has 2 atom stereocenters. The van der Waals surface area contributed by atoms with Gasteiger partial charge >= 0.3 is 6.09 Å². The van der Waals surface area contributed by atoms with Gasteiger partial charge in [0.05, 0.1) is 13.2 Å². The number of hydrogen-bond acceptors (Lipinski definition) is 2. The molecule has 1 saturated heterocycles. The van der Waals surface area contributed by atoms with E-state index in [4.69, 9.17) is 4.74 Å². The molecule has 0 aromatic heterocycles. The van der Waals surface area contributed by atoms with Crippen molar-refractivity contribution in [2.24, 2.45) is 5.92 Å². The summed E-state index contributed by atoms with van der Waals surface area (Å²) in [6.07, 6.45) is 0.812. The van der Waals surface area contributed by atoms with Crippen LogP contribution in [0.2, 0.25) is 0 Å². The van der Waals surface area contributed by atoms with Gasteiger partial charge < -0.3 is 9.64 Å². The summed E-state index contributed by atoms with van der Waals surface area (Å²) in [5, 5.41) is 0. The minimum Gasteiger partial charge on any atom is -0.453 e. The summed E-state index contributed by atoms with van der Waals surface area (Å²) in [5.41, 5.74) is 1.19. The highest BCUT2D eigenvalue weighted by atomic mass is 16.5. The van der Waals surface area contributed by atoms with Crippen molar-refractivity contribution < 1.29 is 9.53 Å². The van der Waals surface area contributed by atoms with Crippen LogP contribution < -0.4 is 0 Å². The predicted molar refractivity (Wildman–Crippen MR) is 62.1 cm³/mol. The van der Waals surface area contributed by atoms with E-state index in [1.807, 2.05) is 23.1 Å². The molecule has 3 nitrogen and oxygen atoms in total. The summed E-state index contributed by atoms with van der Waals surface area (Å²) >= 11 is 0. The largest absolute Gasteiger partial charge is 0.453 e. The lowest BCUT2D eigenvalue weighted by molar-refractivity contribution is 0.115. The summed E-state index contributed by atoms with van der Waals surface area (Å²) in [6, 6.07) is 10.3. The number of benzene rings is 1. The first-order valence-corrected chi connectivity index (χ1v) is 5.63. The van der Waals surface area contributed by atoms with Crippen LogP contribution in [0.5, 0.6) is 0 Å². The average molecular weight is 219 g/mol. The second-order valence-corrected chi connectivity index (χ2v) is 4.28. The number of nitrogens with zero attached hydrogens (tertiary/aromatic N) is 1. The van der Waals surface area contributed by atoms with Crippen molar-refractivity contribution in [3.05, 3.63) is 35.9 Å². The standard InChI is InChI=1S/C13H17NO2/c1-10-8-9-14(13(15)16-2)12(10)11-6-4-3-5-7-11/h3-7,10,12H,8-9H2,1-2H3/t10-,12+/m0/s1. The van der Waals surface area contributed by atoms with Gasteiger partial charge in [-0.3, -0.25) is 0 Å². The third kappa shape index (κ3) is 1.90. The number of likely N-dealkylation sites (tertiary alicyclic amines) is 1. The van der Waals surface area contributed by atoms with Crippen LogP contribution in [0.1, 0.15) is 24.9 Å². The molecule has 0 N–H and O–H groups in total. The van der Waals surface area contributed by atoms with Crippen molar-refractivity contribution in [2.75, 3.05) is 13.7 Å². The van der Waals surface area contributed by atoms with Gasteiger partial charge in [0.2, 0.25) is 0 Å². The molecule has 1 fully saturated rings. The minimum atomic E-state index is -0.224. The van der Waals surface area contributed by atoms with Crippen LogP contribution in [0.25, 0.3) is 0 Å². The van der Waals surface area contributed by atoms with Crippen molar-refractivity contribution in [1.82, 2.24) is 4.90 Å². The molecular formula is C13H17NO2. The monoisotopic (exact) mass is 219 g/mol. The minimum absolute atomic E-state index is 0.161. The van der Waals surface area contributed by atoms with E-state index in [0.29, 0.717) is 5.92 Å². The molecule has 0 saturated carbocycles. The van der Waals surface area contributed by atoms with Gasteiger partial charge in [-0.15, -0.1) is 0 Å².